The maximum absolute atomic E-state index is 8.85. The van der Waals surface area contributed by atoms with Crippen molar-refractivity contribution in [1.29, 1.82) is 0 Å². The molecule has 2 nitrogen and oxygen atoms in total. The first kappa shape index (κ1) is 5.86. The molecule has 0 aliphatic carbocycles. The van der Waals surface area contributed by atoms with Crippen LogP contribution in [0.3, 0.4) is 0 Å². The van der Waals surface area contributed by atoms with Crippen LogP contribution in [-0.2, 0) is 0 Å². The summed E-state index contributed by atoms with van der Waals surface area (Å²) in [6.07, 6.45) is 4.43. The van der Waals surface area contributed by atoms with Crippen molar-refractivity contribution in [3.8, 4) is 0 Å². The van der Waals surface area contributed by atoms with Crippen molar-refractivity contribution in [3.05, 3.63) is 36.5 Å². The minimum atomic E-state index is 0.112. The molecule has 1 rings (SSSR count). The van der Waals surface area contributed by atoms with Gasteiger partial charge in [-0.3, -0.25) is 0 Å². The summed E-state index contributed by atoms with van der Waals surface area (Å²) in [6, 6.07) is 0. The Bertz CT molecular complexity index is 227. The van der Waals surface area contributed by atoms with E-state index >= 15 is 0 Å². The molecular weight excluding hydrogens is 112 g/mol. The molecule has 1 heterocycles. The molecule has 0 saturated carbocycles. The van der Waals surface area contributed by atoms with Crippen molar-refractivity contribution < 1.29 is 0 Å². The SMILES string of the molecule is [CH2]C1=CC([N])=CN=C=C1. The van der Waals surface area contributed by atoms with Crippen LogP contribution in [0.5, 0.6) is 0 Å². The molecule has 0 spiro atoms. The number of allylic oxidation sites excluding steroid dienone is 3. The van der Waals surface area contributed by atoms with Gasteiger partial charge in [0.25, 0.3) is 0 Å². The van der Waals surface area contributed by atoms with E-state index in [2.05, 4.69) is 17.8 Å². The molecule has 0 saturated heterocycles. The van der Waals surface area contributed by atoms with Crippen LogP contribution < -0.4 is 5.73 Å². The molecule has 0 aromatic rings. The molecule has 1 aliphatic heterocycles. The molecule has 0 aromatic carbocycles. The predicted molar refractivity (Wildman–Crippen MR) is 35.7 cm³/mol. The minimum absolute atomic E-state index is 0.112. The average Bonchev–Trinajstić information content (AvgIpc) is 1.93. The monoisotopic (exact) mass is 117 g/mol. The molecule has 0 unspecified atom stereocenters. The van der Waals surface area contributed by atoms with Crippen LogP contribution in [0.1, 0.15) is 0 Å². The Balaban J connectivity index is 3.00. The zero-order valence-corrected chi connectivity index (χ0v) is 4.83. The smallest absolute Gasteiger partial charge is 0.105 e. The first-order valence-electron chi connectivity index (χ1n) is 2.50. The largest absolute Gasteiger partial charge is 0.212 e. The molecule has 43 valence electrons. The quantitative estimate of drug-likeness (QED) is 0.451. The molecule has 1 aliphatic rings. The Morgan fingerprint density at radius 3 is 3.22 bits per heavy atom. The van der Waals surface area contributed by atoms with Gasteiger partial charge in [0.15, 0.2) is 0 Å². The van der Waals surface area contributed by atoms with Crippen LogP contribution in [0, 0.1) is 6.92 Å². The summed E-state index contributed by atoms with van der Waals surface area (Å²) in [7, 11) is 0. The van der Waals surface area contributed by atoms with Crippen LogP contribution in [0.25, 0.3) is 0 Å². The molecule has 0 bridgehead atoms. The Morgan fingerprint density at radius 1 is 1.67 bits per heavy atom. The van der Waals surface area contributed by atoms with Crippen LogP contribution in [0.4, 0.5) is 0 Å². The van der Waals surface area contributed by atoms with Crippen LogP contribution >= 0.6 is 0 Å². The number of hydrogen-bond acceptors (Lipinski definition) is 1. The fourth-order valence-electron chi connectivity index (χ4n) is 0.492. The van der Waals surface area contributed by atoms with Gasteiger partial charge in [-0.2, -0.15) is 0 Å². The summed E-state index contributed by atoms with van der Waals surface area (Å²) >= 11 is 0. The van der Waals surface area contributed by atoms with Gasteiger partial charge in [0.2, 0.25) is 0 Å². The van der Waals surface area contributed by atoms with Crippen molar-refractivity contribution in [3.63, 3.8) is 0 Å². The maximum Gasteiger partial charge on any atom is 0.105 e. The lowest BCUT2D eigenvalue weighted by Crippen LogP contribution is -1.75. The van der Waals surface area contributed by atoms with E-state index in [1.54, 1.807) is 6.08 Å². The van der Waals surface area contributed by atoms with Gasteiger partial charge in [0, 0.05) is 6.08 Å². The number of nitrogens with zero attached hydrogens (tertiary/aromatic N) is 2. The summed E-state index contributed by atoms with van der Waals surface area (Å²) < 4.78 is 0. The van der Waals surface area contributed by atoms with E-state index in [-0.39, 0.29) is 5.70 Å². The zero-order valence-electron chi connectivity index (χ0n) is 4.83. The van der Waals surface area contributed by atoms with E-state index < -0.39 is 0 Å². The summed E-state index contributed by atoms with van der Waals surface area (Å²) in [4.78, 5) is 3.59. The highest BCUT2D eigenvalue weighted by molar-refractivity contribution is 5.60. The maximum atomic E-state index is 8.85. The van der Waals surface area contributed by atoms with E-state index in [1.165, 1.54) is 12.3 Å². The molecule has 0 atom stereocenters. The minimum Gasteiger partial charge on any atom is -0.212 e. The highest BCUT2D eigenvalue weighted by atomic mass is 14.7. The Labute approximate surface area is 54.1 Å². The molecular formula is C7H5N2. The standard InChI is InChI=1S/C7H5N2/c1-6-2-3-9-5-7(8)4-6/h2,4-5H,1H2. The second-order valence-electron chi connectivity index (χ2n) is 1.68. The van der Waals surface area contributed by atoms with Crippen molar-refractivity contribution in [2.24, 2.45) is 4.99 Å². The highest BCUT2D eigenvalue weighted by Gasteiger charge is 1.89. The topological polar surface area (TPSA) is 34.7 Å². The van der Waals surface area contributed by atoms with Crippen molar-refractivity contribution in [2.75, 3.05) is 0 Å². The fourth-order valence-corrected chi connectivity index (χ4v) is 0.492. The summed E-state index contributed by atoms with van der Waals surface area (Å²) in [5.41, 5.74) is 9.66. The number of rotatable bonds is 0. The Kier molecular flexibility index (Phi) is 1.52. The van der Waals surface area contributed by atoms with Crippen LogP contribution in [0.15, 0.2) is 34.6 Å². The number of hydrogen-bond donors (Lipinski definition) is 0. The van der Waals surface area contributed by atoms with Crippen LogP contribution in [-0.4, -0.2) is 5.87 Å². The average molecular weight is 117 g/mol. The first-order valence-corrected chi connectivity index (χ1v) is 2.50. The van der Waals surface area contributed by atoms with Crippen molar-refractivity contribution in [1.82, 2.24) is 5.73 Å². The Morgan fingerprint density at radius 2 is 2.44 bits per heavy atom. The van der Waals surface area contributed by atoms with Crippen molar-refractivity contribution >= 4 is 5.87 Å². The Hall–Kier alpha value is -1.27. The summed E-state index contributed by atoms with van der Waals surface area (Å²) in [6.45, 7) is 3.59. The predicted octanol–water partition coefficient (Wildman–Crippen LogP) is 0.896. The summed E-state index contributed by atoms with van der Waals surface area (Å²) in [5, 5.41) is 0. The van der Waals surface area contributed by atoms with E-state index in [0.29, 0.717) is 5.57 Å². The molecule has 0 fully saturated rings. The van der Waals surface area contributed by atoms with Gasteiger partial charge in [0.05, 0.1) is 6.20 Å². The highest BCUT2D eigenvalue weighted by Crippen LogP contribution is 2.00. The third-order valence-electron chi connectivity index (χ3n) is 0.855. The van der Waals surface area contributed by atoms with E-state index in [0.717, 1.165) is 0 Å². The lowest BCUT2D eigenvalue weighted by atomic mass is 10.2. The third kappa shape index (κ3) is 1.59. The van der Waals surface area contributed by atoms with Gasteiger partial charge >= 0.3 is 0 Å². The van der Waals surface area contributed by atoms with Crippen LogP contribution in [0.2, 0.25) is 0 Å². The van der Waals surface area contributed by atoms with Gasteiger partial charge in [-0.15, -0.1) is 5.73 Å². The van der Waals surface area contributed by atoms with Crippen molar-refractivity contribution in [2.45, 2.75) is 0 Å². The van der Waals surface area contributed by atoms with Gasteiger partial charge in [-0.1, -0.05) is 0 Å². The summed E-state index contributed by atoms with van der Waals surface area (Å²) in [5.74, 6) is 2.56. The van der Waals surface area contributed by atoms with Gasteiger partial charge in [0.1, 0.15) is 5.70 Å². The molecule has 3 radical (unpaired) electrons. The molecule has 2 heteroatoms. The van der Waals surface area contributed by atoms with E-state index in [1.807, 2.05) is 0 Å². The molecule has 0 N–H and O–H groups in total. The lowest BCUT2D eigenvalue weighted by molar-refractivity contribution is 1.32. The fraction of sp³-hybridized carbons (Fsp3) is 0. The van der Waals surface area contributed by atoms with E-state index in [9.17, 15) is 0 Å². The second-order valence-corrected chi connectivity index (χ2v) is 1.68. The molecule has 9 heavy (non-hydrogen) atoms. The molecule has 0 aromatic heterocycles. The third-order valence-corrected chi connectivity index (χ3v) is 0.855. The van der Waals surface area contributed by atoms with Gasteiger partial charge in [-0.05, 0) is 24.4 Å². The zero-order chi connectivity index (χ0) is 6.69. The second kappa shape index (κ2) is 2.33. The first-order chi connectivity index (χ1) is 4.29. The van der Waals surface area contributed by atoms with Gasteiger partial charge < -0.3 is 0 Å². The molecule has 0 amide bonds. The van der Waals surface area contributed by atoms with Gasteiger partial charge in [-0.25, -0.2) is 4.99 Å². The lowest BCUT2D eigenvalue weighted by Gasteiger charge is -1.83. The normalized spacial score (nSPS) is 16.6. The van der Waals surface area contributed by atoms with E-state index in [4.69, 9.17) is 5.73 Å². The number of aliphatic imine (C=N–C) groups is 1.